The van der Waals surface area contributed by atoms with Crippen LogP contribution in [0.25, 0.3) is 0 Å². The molecule has 1 amide bonds. The number of anilines is 4. The molecule has 32 heavy (non-hydrogen) atoms. The molecule has 1 aromatic carbocycles. The minimum Gasteiger partial charge on any atom is -0.481 e. The van der Waals surface area contributed by atoms with Crippen LogP contribution in [-0.4, -0.2) is 72.4 Å². The van der Waals surface area contributed by atoms with Crippen LogP contribution in [0.1, 0.15) is 0 Å². The number of hydrogen-bond donors (Lipinski definition) is 2. The number of hydrogen-bond acceptors (Lipinski definition) is 8. The molecule has 0 unspecified atom stereocenters. The van der Waals surface area contributed by atoms with E-state index >= 15 is 0 Å². The first-order chi connectivity index (χ1) is 15.2. The summed E-state index contributed by atoms with van der Waals surface area (Å²) in [6, 6.07) is 9.81. The third-order valence-electron chi connectivity index (χ3n) is 5.50. The average Bonchev–Trinajstić information content (AvgIpc) is 2.74. The van der Waals surface area contributed by atoms with E-state index in [9.17, 15) is 13.2 Å². The number of fused-ring (bicyclic) bond motifs is 1. The number of nitrogens with one attached hydrogen (secondary N) is 1. The molecule has 2 aromatic rings. The van der Waals surface area contributed by atoms with Gasteiger partial charge in [-0.25, -0.2) is 14.8 Å². The number of likely N-dealkylation sites (N-methyl/N-ethyl adjacent to an activating group) is 1. The standard InChI is InChI=1S/C20H26N6O5S/c1-24-18-10-22-19(30-2)9-17(18)26(13-20(24)27)15-5-3-14(4-6-15)25-11-16(12-25)31-8-7-23-32(21,28)29/h3-6,9-10,16,23H,7-8,11-13H2,1-2H3,(H2,21,28,29). The quantitative estimate of drug-likeness (QED) is 0.532. The van der Waals surface area contributed by atoms with Crippen molar-refractivity contribution < 1.29 is 22.7 Å². The zero-order chi connectivity index (χ0) is 22.9. The number of nitrogens with two attached hydrogens (primary N) is 1. The number of carbonyl (C=O) groups is 1. The predicted octanol–water partition coefficient (Wildman–Crippen LogP) is 0.203. The third-order valence-corrected chi connectivity index (χ3v) is 6.11. The number of amides is 1. The molecule has 0 radical (unpaired) electrons. The van der Waals surface area contributed by atoms with E-state index in [1.807, 2.05) is 35.2 Å². The molecular weight excluding hydrogens is 436 g/mol. The van der Waals surface area contributed by atoms with E-state index < -0.39 is 10.2 Å². The van der Waals surface area contributed by atoms with Crippen molar-refractivity contribution in [3.8, 4) is 5.88 Å². The van der Waals surface area contributed by atoms with Crippen LogP contribution in [0.5, 0.6) is 5.88 Å². The van der Waals surface area contributed by atoms with Crippen molar-refractivity contribution >= 4 is 38.9 Å². The summed E-state index contributed by atoms with van der Waals surface area (Å²) in [6.45, 7) is 2.07. The molecular formula is C20H26N6O5S. The van der Waals surface area contributed by atoms with Crippen LogP contribution >= 0.6 is 0 Å². The summed E-state index contributed by atoms with van der Waals surface area (Å²) in [7, 11) is -0.385. The SMILES string of the molecule is COc1cc2c(cn1)N(C)C(=O)CN2c1ccc(N2CC(OCCNS(N)(=O)=O)C2)cc1. The molecule has 1 aromatic heterocycles. The topological polar surface area (TPSA) is 130 Å². The second kappa shape index (κ2) is 8.90. The highest BCUT2D eigenvalue weighted by Crippen LogP contribution is 2.39. The molecule has 0 spiro atoms. The van der Waals surface area contributed by atoms with Gasteiger partial charge < -0.3 is 24.2 Å². The maximum absolute atomic E-state index is 12.5. The van der Waals surface area contributed by atoms with Crippen LogP contribution in [0.4, 0.5) is 22.7 Å². The largest absolute Gasteiger partial charge is 0.481 e. The number of pyridine rings is 1. The third kappa shape index (κ3) is 4.78. The predicted molar refractivity (Wildman–Crippen MR) is 121 cm³/mol. The van der Waals surface area contributed by atoms with Gasteiger partial charge in [-0.3, -0.25) is 4.79 Å². The van der Waals surface area contributed by atoms with Crippen LogP contribution < -0.4 is 29.3 Å². The number of aromatic nitrogens is 1. The van der Waals surface area contributed by atoms with Gasteiger partial charge in [0, 0.05) is 44.1 Å². The Morgan fingerprint density at radius 3 is 2.53 bits per heavy atom. The molecule has 12 heteroatoms. The fourth-order valence-corrected chi connectivity index (χ4v) is 4.07. The van der Waals surface area contributed by atoms with Gasteiger partial charge in [0.05, 0.1) is 37.4 Å². The molecule has 1 saturated heterocycles. The van der Waals surface area contributed by atoms with Crippen molar-refractivity contribution in [2.45, 2.75) is 6.10 Å². The van der Waals surface area contributed by atoms with Gasteiger partial charge in [0.15, 0.2) is 0 Å². The minimum atomic E-state index is -3.69. The normalized spacial score (nSPS) is 16.7. The molecule has 172 valence electrons. The Bertz CT molecular complexity index is 1090. The van der Waals surface area contributed by atoms with Gasteiger partial charge >= 0.3 is 0 Å². The minimum absolute atomic E-state index is 0.0202. The Labute approximate surface area is 186 Å². The van der Waals surface area contributed by atoms with Gasteiger partial charge in [0.2, 0.25) is 11.8 Å². The number of benzene rings is 1. The fraction of sp³-hybridized carbons (Fsp3) is 0.400. The highest BCUT2D eigenvalue weighted by molar-refractivity contribution is 7.87. The van der Waals surface area contributed by atoms with Crippen LogP contribution in [0, 0.1) is 0 Å². The first-order valence-electron chi connectivity index (χ1n) is 10.1. The first-order valence-corrected chi connectivity index (χ1v) is 11.6. The summed E-state index contributed by atoms with van der Waals surface area (Å²) < 4.78 is 34.8. The molecule has 11 nitrogen and oxygen atoms in total. The van der Waals surface area contributed by atoms with Crippen molar-refractivity contribution in [1.82, 2.24) is 9.71 Å². The van der Waals surface area contributed by atoms with E-state index in [0.717, 1.165) is 22.7 Å². The lowest BCUT2D eigenvalue weighted by Crippen LogP contribution is -2.53. The monoisotopic (exact) mass is 462 g/mol. The van der Waals surface area contributed by atoms with E-state index in [2.05, 4.69) is 14.6 Å². The molecule has 1 fully saturated rings. The van der Waals surface area contributed by atoms with Crippen molar-refractivity contribution in [2.75, 3.05) is 61.6 Å². The van der Waals surface area contributed by atoms with Crippen molar-refractivity contribution in [1.29, 1.82) is 0 Å². The van der Waals surface area contributed by atoms with Crippen molar-refractivity contribution in [2.24, 2.45) is 5.14 Å². The Balaban J connectivity index is 1.39. The second-order valence-corrected chi connectivity index (χ2v) is 8.99. The van der Waals surface area contributed by atoms with Crippen LogP contribution in [0.15, 0.2) is 36.5 Å². The van der Waals surface area contributed by atoms with Crippen LogP contribution in [0.3, 0.4) is 0 Å². The molecule has 0 bridgehead atoms. The zero-order valence-electron chi connectivity index (χ0n) is 17.9. The summed E-state index contributed by atoms with van der Waals surface area (Å²) in [5.41, 5.74) is 3.53. The van der Waals surface area contributed by atoms with E-state index in [1.165, 1.54) is 0 Å². The molecule has 0 saturated carbocycles. The fourth-order valence-electron chi connectivity index (χ4n) is 3.70. The highest BCUT2D eigenvalue weighted by atomic mass is 32.2. The smallest absolute Gasteiger partial charge is 0.274 e. The molecule has 2 aliphatic rings. The lowest BCUT2D eigenvalue weighted by atomic mass is 10.1. The molecule has 0 atom stereocenters. The van der Waals surface area contributed by atoms with Crippen LogP contribution in [0.2, 0.25) is 0 Å². The lowest BCUT2D eigenvalue weighted by molar-refractivity contribution is -0.117. The number of nitrogens with zero attached hydrogens (tertiary/aromatic N) is 4. The van der Waals surface area contributed by atoms with E-state index in [0.29, 0.717) is 19.0 Å². The maximum atomic E-state index is 12.5. The van der Waals surface area contributed by atoms with E-state index in [1.54, 1.807) is 25.3 Å². The van der Waals surface area contributed by atoms with E-state index in [-0.39, 0.29) is 31.7 Å². The Kier molecular flexibility index (Phi) is 6.20. The number of methoxy groups -OCH3 is 1. The number of carbonyl (C=O) groups excluding carboxylic acids is 1. The Morgan fingerprint density at radius 1 is 1.19 bits per heavy atom. The van der Waals surface area contributed by atoms with Gasteiger partial charge in [0.1, 0.15) is 6.54 Å². The summed E-state index contributed by atoms with van der Waals surface area (Å²) in [6.07, 6.45) is 1.68. The van der Waals surface area contributed by atoms with Crippen molar-refractivity contribution in [3.63, 3.8) is 0 Å². The summed E-state index contributed by atoms with van der Waals surface area (Å²) in [5.74, 6) is 0.465. The van der Waals surface area contributed by atoms with Gasteiger partial charge in [-0.1, -0.05) is 0 Å². The van der Waals surface area contributed by atoms with E-state index in [4.69, 9.17) is 14.6 Å². The molecule has 3 N–H and O–H groups in total. The number of ether oxygens (including phenoxy) is 2. The first kappa shape index (κ1) is 22.3. The number of rotatable bonds is 8. The summed E-state index contributed by atoms with van der Waals surface area (Å²) in [5, 5.41) is 4.88. The Morgan fingerprint density at radius 2 is 1.88 bits per heavy atom. The average molecular weight is 463 g/mol. The van der Waals surface area contributed by atoms with Crippen LogP contribution in [-0.2, 0) is 19.7 Å². The summed E-state index contributed by atoms with van der Waals surface area (Å²) >= 11 is 0. The van der Waals surface area contributed by atoms with Gasteiger partial charge in [0.25, 0.3) is 10.2 Å². The maximum Gasteiger partial charge on any atom is 0.274 e. The zero-order valence-corrected chi connectivity index (χ0v) is 18.7. The highest BCUT2D eigenvalue weighted by Gasteiger charge is 2.30. The van der Waals surface area contributed by atoms with Crippen molar-refractivity contribution in [3.05, 3.63) is 36.5 Å². The molecule has 2 aliphatic heterocycles. The van der Waals surface area contributed by atoms with Gasteiger partial charge in [-0.15, -0.1) is 0 Å². The van der Waals surface area contributed by atoms with Gasteiger partial charge in [-0.05, 0) is 24.3 Å². The molecule has 4 rings (SSSR count). The Hall–Kier alpha value is -2.93. The summed E-state index contributed by atoms with van der Waals surface area (Å²) in [4.78, 5) is 22.4. The molecule has 3 heterocycles. The second-order valence-electron chi connectivity index (χ2n) is 7.61. The molecule has 0 aliphatic carbocycles. The van der Waals surface area contributed by atoms with Gasteiger partial charge in [-0.2, -0.15) is 8.42 Å². The lowest BCUT2D eigenvalue weighted by Gasteiger charge is -2.41.